The summed E-state index contributed by atoms with van der Waals surface area (Å²) in [5.74, 6) is -2.21. The molecule has 1 aliphatic heterocycles. The maximum atomic E-state index is 13.6. The minimum absolute atomic E-state index is 0.0311. The summed E-state index contributed by atoms with van der Waals surface area (Å²) in [6.45, 7) is 0.804. The first-order valence-electron chi connectivity index (χ1n) is 7.98. The predicted octanol–water partition coefficient (Wildman–Crippen LogP) is 2.20. The summed E-state index contributed by atoms with van der Waals surface area (Å²) in [7, 11) is 0. The van der Waals surface area contributed by atoms with Crippen molar-refractivity contribution in [3.05, 3.63) is 29.8 Å². The molecule has 0 aromatic heterocycles. The maximum absolute atomic E-state index is 13.6. The summed E-state index contributed by atoms with van der Waals surface area (Å²) < 4.78 is 32.3. The van der Waals surface area contributed by atoms with Crippen LogP contribution in [0.4, 0.5) is 8.78 Å². The Morgan fingerprint density at radius 3 is 2.58 bits per heavy atom. The highest BCUT2D eigenvalue weighted by Gasteiger charge is 2.75. The number of ether oxygens (including phenoxy) is 1. The van der Waals surface area contributed by atoms with E-state index >= 15 is 0 Å². The first kappa shape index (κ1) is 15.4. The van der Waals surface area contributed by atoms with E-state index in [1.54, 1.807) is 4.90 Å². The van der Waals surface area contributed by atoms with Crippen molar-refractivity contribution in [2.75, 3.05) is 13.1 Å². The number of nitrogens with zero attached hydrogens (tertiary/aromatic N) is 1. The summed E-state index contributed by atoms with van der Waals surface area (Å²) in [5.41, 5.74) is -1.20. The Morgan fingerprint density at radius 2 is 1.92 bits per heavy atom. The smallest absolute Gasteiger partial charge is 0.309 e. The minimum atomic E-state index is -0.818. The van der Waals surface area contributed by atoms with Gasteiger partial charge in [0.05, 0.1) is 17.4 Å². The standard InChI is InChI=1S/C17H17F2NO4/c18-10-1-2-12(19)13(5-10)24-11-3-4-20(6-11)14(21)16-7-17(8-16,9-16)15(22)23/h1-2,5,11H,3-4,6-9H2,(H,22,23). The van der Waals surface area contributed by atoms with Crippen LogP contribution in [0.2, 0.25) is 0 Å². The minimum Gasteiger partial charge on any atom is -0.485 e. The zero-order valence-corrected chi connectivity index (χ0v) is 12.9. The molecule has 1 aromatic carbocycles. The number of benzene rings is 1. The highest BCUT2D eigenvalue weighted by Crippen LogP contribution is 2.74. The van der Waals surface area contributed by atoms with Crippen LogP contribution in [0.25, 0.3) is 0 Å². The van der Waals surface area contributed by atoms with Gasteiger partial charge in [0.25, 0.3) is 0 Å². The fourth-order valence-corrected chi connectivity index (χ4v) is 4.33. The average Bonchev–Trinajstić information content (AvgIpc) is 2.88. The Morgan fingerprint density at radius 1 is 1.21 bits per heavy atom. The molecule has 128 valence electrons. The number of hydrogen-bond acceptors (Lipinski definition) is 3. The molecule has 1 unspecified atom stereocenters. The van der Waals surface area contributed by atoms with Crippen LogP contribution in [-0.4, -0.2) is 41.1 Å². The molecule has 0 spiro atoms. The summed E-state index contributed by atoms with van der Waals surface area (Å²) in [4.78, 5) is 25.4. The molecule has 1 heterocycles. The molecule has 1 atom stereocenters. The van der Waals surface area contributed by atoms with Crippen LogP contribution in [0.15, 0.2) is 18.2 Å². The Balaban J connectivity index is 1.37. The second-order valence-electron chi connectivity index (χ2n) is 7.25. The normalized spacial score (nSPS) is 33.6. The Kier molecular flexibility index (Phi) is 3.14. The number of aliphatic carboxylic acids is 1. The molecule has 0 radical (unpaired) electrons. The zero-order chi connectivity index (χ0) is 17.1. The fraction of sp³-hybridized carbons (Fsp3) is 0.529. The molecule has 1 N–H and O–H groups in total. The van der Waals surface area contributed by atoms with Gasteiger partial charge in [-0.25, -0.2) is 8.78 Å². The molecule has 2 bridgehead atoms. The van der Waals surface area contributed by atoms with Gasteiger partial charge in [0.2, 0.25) is 5.91 Å². The van der Waals surface area contributed by atoms with Crippen molar-refractivity contribution in [1.82, 2.24) is 4.90 Å². The summed E-state index contributed by atoms with van der Waals surface area (Å²) in [6, 6.07) is 3.03. The van der Waals surface area contributed by atoms with Crippen molar-refractivity contribution in [3.8, 4) is 5.75 Å². The highest BCUT2D eigenvalue weighted by atomic mass is 19.1. The van der Waals surface area contributed by atoms with Gasteiger partial charge in [0.15, 0.2) is 11.6 Å². The molecule has 1 saturated heterocycles. The lowest BCUT2D eigenvalue weighted by Gasteiger charge is -2.67. The van der Waals surface area contributed by atoms with Crippen LogP contribution < -0.4 is 4.74 Å². The Labute approximate surface area is 137 Å². The number of carbonyl (C=O) groups excluding carboxylic acids is 1. The molecule has 7 heteroatoms. The van der Waals surface area contributed by atoms with Crippen molar-refractivity contribution >= 4 is 11.9 Å². The number of carboxylic acids is 1. The number of hydrogen-bond donors (Lipinski definition) is 1. The second kappa shape index (κ2) is 4.91. The van der Waals surface area contributed by atoms with Crippen molar-refractivity contribution < 1.29 is 28.2 Å². The van der Waals surface area contributed by atoms with Gasteiger partial charge < -0.3 is 14.7 Å². The number of rotatable bonds is 4. The lowest BCUT2D eigenvalue weighted by Crippen LogP contribution is -2.70. The Bertz CT molecular complexity index is 716. The lowest BCUT2D eigenvalue weighted by molar-refractivity contribution is -0.225. The SMILES string of the molecule is O=C(O)C12CC(C(=O)N3CCC(Oc4cc(F)ccc4F)C3)(C1)C2. The van der Waals surface area contributed by atoms with Crippen molar-refractivity contribution in [3.63, 3.8) is 0 Å². The van der Waals surface area contributed by atoms with Crippen LogP contribution >= 0.6 is 0 Å². The molecule has 3 aliphatic carbocycles. The van der Waals surface area contributed by atoms with E-state index in [-0.39, 0.29) is 17.8 Å². The van der Waals surface area contributed by atoms with E-state index in [0.29, 0.717) is 38.8 Å². The van der Waals surface area contributed by atoms with E-state index in [1.165, 1.54) is 0 Å². The van der Waals surface area contributed by atoms with Gasteiger partial charge in [-0.05, 0) is 31.4 Å². The van der Waals surface area contributed by atoms with Gasteiger partial charge in [-0.2, -0.15) is 0 Å². The van der Waals surface area contributed by atoms with E-state index in [9.17, 15) is 18.4 Å². The predicted molar refractivity (Wildman–Crippen MR) is 78.3 cm³/mol. The number of halogens is 2. The van der Waals surface area contributed by atoms with Crippen molar-refractivity contribution in [2.45, 2.75) is 31.8 Å². The number of likely N-dealkylation sites (tertiary alicyclic amines) is 1. The van der Waals surface area contributed by atoms with Gasteiger partial charge >= 0.3 is 5.97 Å². The molecule has 1 amide bonds. The lowest BCUT2D eigenvalue weighted by atomic mass is 9.34. The van der Waals surface area contributed by atoms with E-state index in [2.05, 4.69) is 0 Å². The van der Waals surface area contributed by atoms with Gasteiger partial charge in [-0.3, -0.25) is 9.59 Å². The largest absolute Gasteiger partial charge is 0.485 e. The van der Waals surface area contributed by atoms with E-state index < -0.39 is 28.4 Å². The van der Waals surface area contributed by atoms with Crippen LogP contribution in [0.5, 0.6) is 5.75 Å². The topological polar surface area (TPSA) is 66.8 Å². The van der Waals surface area contributed by atoms with Crippen LogP contribution in [0.1, 0.15) is 25.7 Å². The summed E-state index contributed by atoms with van der Waals surface area (Å²) in [6.07, 6.45) is 1.39. The molecular weight excluding hydrogens is 320 g/mol. The van der Waals surface area contributed by atoms with Gasteiger partial charge in [0.1, 0.15) is 11.9 Å². The number of carboxylic acid groups (broad SMARTS) is 1. The fourth-order valence-electron chi connectivity index (χ4n) is 4.33. The van der Waals surface area contributed by atoms with Gasteiger partial charge in [-0.15, -0.1) is 0 Å². The van der Waals surface area contributed by atoms with Crippen molar-refractivity contribution in [1.29, 1.82) is 0 Å². The average molecular weight is 337 g/mol. The quantitative estimate of drug-likeness (QED) is 0.915. The molecule has 24 heavy (non-hydrogen) atoms. The number of amides is 1. The second-order valence-corrected chi connectivity index (χ2v) is 7.25. The Hall–Kier alpha value is -2.18. The highest BCUT2D eigenvalue weighted by molar-refractivity contribution is 5.93. The molecule has 5 nitrogen and oxygen atoms in total. The summed E-state index contributed by atoms with van der Waals surface area (Å²) in [5, 5.41) is 9.14. The third kappa shape index (κ3) is 2.10. The molecular formula is C17H17F2NO4. The third-order valence-electron chi connectivity index (χ3n) is 5.56. The first-order chi connectivity index (χ1) is 11.3. The third-order valence-corrected chi connectivity index (χ3v) is 5.56. The summed E-state index contributed by atoms with van der Waals surface area (Å²) >= 11 is 0. The van der Waals surface area contributed by atoms with E-state index in [4.69, 9.17) is 9.84 Å². The van der Waals surface area contributed by atoms with Crippen LogP contribution in [0.3, 0.4) is 0 Å². The van der Waals surface area contributed by atoms with Gasteiger partial charge in [0, 0.05) is 19.0 Å². The molecule has 4 aliphatic rings. The molecule has 4 fully saturated rings. The monoisotopic (exact) mass is 337 g/mol. The van der Waals surface area contributed by atoms with E-state index in [0.717, 1.165) is 18.2 Å². The van der Waals surface area contributed by atoms with E-state index in [1.807, 2.05) is 0 Å². The zero-order valence-electron chi connectivity index (χ0n) is 12.9. The number of carbonyl (C=O) groups is 2. The van der Waals surface area contributed by atoms with Crippen molar-refractivity contribution in [2.24, 2.45) is 10.8 Å². The molecule has 5 rings (SSSR count). The first-order valence-corrected chi connectivity index (χ1v) is 7.98. The molecule has 1 aromatic rings. The van der Waals surface area contributed by atoms with Gasteiger partial charge in [-0.1, -0.05) is 0 Å². The molecule has 3 saturated carbocycles. The van der Waals surface area contributed by atoms with Crippen LogP contribution in [-0.2, 0) is 9.59 Å². The van der Waals surface area contributed by atoms with Crippen LogP contribution in [0, 0.1) is 22.5 Å². The maximum Gasteiger partial charge on any atom is 0.309 e.